The number of rotatable bonds is 5. The van der Waals surface area contributed by atoms with Gasteiger partial charge in [-0.25, -0.2) is 4.79 Å². The van der Waals surface area contributed by atoms with Gasteiger partial charge in [0.15, 0.2) is 0 Å². The van der Waals surface area contributed by atoms with Crippen LogP contribution < -0.4 is 5.32 Å². The van der Waals surface area contributed by atoms with Crippen molar-refractivity contribution in [1.82, 2.24) is 15.1 Å². The molecule has 1 saturated carbocycles. The monoisotopic (exact) mass is 514 g/mol. The number of hydrogen-bond acceptors (Lipinski definition) is 5. The van der Waals surface area contributed by atoms with Gasteiger partial charge >= 0.3 is 6.09 Å². The normalized spacial score (nSPS) is 22.7. The summed E-state index contributed by atoms with van der Waals surface area (Å²) in [5.41, 5.74) is 3.15. The van der Waals surface area contributed by atoms with Crippen molar-refractivity contribution < 1.29 is 19.1 Å². The maximum atomic E-state index is 13.5. The quantitative estimate of drug-likeness (QED) is 0.642. The average Bonchev–Trinajstić information content (AvgIpc) is 3.55. The second kappa shape index (κ2) is 9.46. The number of nitriles is 1. The summed E-state index contributed by atoms with van der Waals surface area (Å²) >= 11 is 0. The molecule has 0 radical (unpaired) electrons. The molecule has 3 aliphatic rings. The Morgan fingerprint density at radius 2 is 1.89 bits per heavy atom. The van der Waals surface area contributed by atoms with E-state index in [-0.39, 0.29) is 17.7 Å². The van der Waals surface area contributed by atoms with Crippen LogP contribution in [0, 0.1) is 17.2 Å². The first-order valence-corrected chi connectivity index (χ1v) is 13.2. The molecule has 3 atom stereocenters. The van der Waals surface area contributed by atoms with Crippen LogP contribution in [0.15, 0.2) is 42.5 Å². The summed E-state index contributed by atoms with van der Waals surface area (Å²) in [4.78, 5) is 41.8. The van der Waals surface area contributed by atoms with Crippen LogP contribution in [0.5, 0.6) is 0 Å². The van der Waals surface area contributed by atoms with Crippen molar-refractivity contribution in [2.45, 2.75) is 70.2 Å². The zero-order valence-corrected chi connectivity index (χ0v) is 22.4. The minimum Gasteiger partial charge on any atom is -0.444 e. The molecule has 2 aliphatic heterocycles. The van der Waals surface area contributed by atoms with Crippen molar-refractivity contribution in [3.8, 4) is 17.2 Å². The Labute approximate surface area is 223 Å². The Bertz CT molecular complexity index is 1320. The van der Waals surface area contributed by atoms with E-state index in [2.05, 4.69) is 17.5 Å². The fraction of sp³-hybridized carbons (Fsp3) is 0.467. The molecule has 0 unspecified atom stereocenters. The molecule has 1 saturated heterocycles. The zero-order chi connectivity index (χ0) is 27.2. The lowest BCUT2D eigenvalue weighted by Crippen LogP contribution is -2.59. The van der Waals surface area contributed by atoms with Crippen LogP contribution >= 0.6 is 0 Å². The van der Waals surface area contributed by atoms with Crippen LogP contribution in [0.25, 0.3) is 11.1 Å². The third-order valence-corrected chi connectivity index (χ3v) is 7.86. The lowest BCUT2D eigenvalue weighted by atomic mass is 9.94. The molecule has 2 bridgehead atoms. The molecule has 2 aromatic rings. The highest BCUT2D eigenvalue weighted by Gasteiger charge is 2.58. The van der Waals surface area contributed by atoms with Crippen LogP contribution in [-0.2, 0) is 22.5 Å². The van der Waals surface area contributed by atoms with Gasteiger partial charge in [-0.3, -0.25) is 14.5 Å². The molecular formula is C30H34N4O4. The van der Waals surface area contributed by atoms with Gasteiger partial charge < -0.3 is 15.0 Å². The van der Waals surface area contributed by atoms with Gasteiger partial charge in [0.05, 0.1) is 6.07 Å². The molecule has 3 amide bonds. The zero-order valence-electron chi connectivity index (χ0n) is 22.4. The number of hydrogen-bond donors (Lipinski definition) is 1. The summed E-state index contributed by atoms with van der Waals surface area (Å²) in [5.74, 6) is 0.0502. The molecule has 198 valence electrons. The van der Waals surface area contributed by atoms with E-state index in [4.69, 9.17) is 4.74 Å². The number of ether oxygens (including phenoxy) is 1. The number of nitrogens with zero attached hydrogens (tertiary/aromatic N) is 3. The smallest absolute Gasteiger partial charge is 0.411 e. The molecule has 1 N–H and O–H groups in total. The Balaban J connectivity index is 1.26. The van der Waals surface area contributed by atoms with E-state index in [0.29, 0.717) is 32.4 Å². The van der Waals surface area contributed by atoms with Crippen LogP contribution in [0.4, 0.5) is 4.79 Å². The van der Waals surface area contributed by atoms with E-state index in [9.17, 15) is 19.6 Å². The van der Waals surface area contributed by atoms with Crippen molar-refractivity contribution in [3.63, 3.8) is 0 Å². The summed E-state index contributed by atoms with van der Waals surface area (Å²) in [6.45, 7) is 6.55. The van der Waals surface area contributed by atoms with Crippen LogP contribution in [0.3, 0.4) is 0 Å². The van der Waals surface area contributed by atoms with E-state index in [1.165, 1.54) is 0 Å². The molecule has 2 aromatic carbocycles. The molecule has 2 heterocycles. The van der Waals surface area contributed by atoms with Crippen LogP contribution in [-0.4, -0.2) is 58.5 Å². The number of carbonyl (C=O) groups is 3. The summed E-state index contributed by atoms with van der Waals surface area (Å²) in [6, 6.07) is 15.3. The summed E-state index contributed by atoms with van der Waals surface area (Å²) < 4.78 is 5.58. The molecule has 1 aliphatic carbocycles. The van der Waals surface area contributed by atoms with Crippen molar-refractivity contribution in [3.05, 3.63) is 59.2 Å². The molecule has 0 aromatic heterocycles. The lowest BCUT2D eigenvalue weighted by Gasteiger charge is -2.38. The third kappa shape index (κ3) is 4.73. The fourth-order valence-electron chi connectivity index (χ4n) is 5.99. The first-order valence-electron chi connectivity index (χ1n) is 13.2. The number of benzene rings is 2. The molecule has 38 heavy (non-hydrogen) atoms. The molecule has 8 nitrogen and oxygen atoms in total. The maximum absolute atomic E-state index is 13.5. The SMILES string of the molecule is CN1Cc2cc(-c3ccc(C[C@@H](C#N)NC(=O)[C@]45CC[C@H](CN4C(=O)OC(C)(C)C)C5)cc3)ccc2C1=O. The number of likely N-dealkylation sites (tertiary alicyclic amines) is 1. The van der Waals surface area contributed by atoms with Gasteiger partial charge in [0.1, 0.15) is 17.2 Å². The Morgan fingerprint density at radius 1 is 1.18 bits per heavy atom. The van der Waals surface area contributed by atoms with Gasteiger partial charge in [-0.05, 0) is 80.3 Å². The van der Waals surface area contributed by atoms with Crippen molar-refractivity contribution in [2.24, 2.45) is 5.92 Å². The first-order chi connectivity index (χ1) is 18.0. The van der Waals surface area contributed by atoms with E-state index >= 15 is 0 Å². The fourth-order valence-corrected chi connectivity index (χ4v) is 5.99. The van der Waals surface area contributed by atoms with E-state index in [1.54, 1.807) is 16.8 Å². The lowest BCUT2D eigenvalue weighted by molar-refractivity contribution is -0.132. The number of fused-ring (bicyclic) bond motifs is 3. The predicted molar refractivity (Wildman–Crippen MR) is 142 cm³/mol. The predicted octanol–water partition coefficient (Wildman–Crippen LogP) is 4.28. The second-order valence-corrected chi connectivity index (χ2v) is 11.8. The van der Waals surface area contributed by atoms with Crippen molar-refractivity contribution in [1.29, 1.82) is 5.26 Å². The first kappa shape index (κ1) is 25.8. The molecule has 8 heteroatoms. The van der Waals surface area contributed by atoms with Crippen LogP contribution in [0.2, 0.25) is 0 Å². The molecule has 0 spiro atoms. The average molecular weight is 515 g/mol. The summed E-state index contributed by atoms with van der Waals surface area (Å²) in [6.07, 6.45) is 1.96. The highest BCUT2D eigenvalue weighted by atomic mass is 16.6. The van der Waals surface area contributed by atoms with Gasteiger partial charge in [0, 0.05) is 32.1 Å². The number of amides is 3. The highest BCUT2D eigenvalue weighted by Crippen LogP contribution is 2.47. The minimum atomic E-state index is -0.949. The summed E-state index contributed by atoms with van der Waals surface area (Å²) in [7, 11) is 1.80. The standard InChI is InChI=1S/C30H34N4O4/c1-29(2,3)38-28(37)34-17-20-11-12-30(34,15-20)27(36)32-24(16-31)13-19-5-7-21(8-6-19)22-9-10-25-23(14-22)18-33(4)26(25)35/h5-10,14,20,24H,11-13,15,17-18H2,1-4H3,(H,32,36)/t20-,24-,30+/m0/s1. The Morgan fingerprint density at radius 3 is 2.55 bits per heavy atom. The topological polar surface area (TPSA) is 103 Å². The molecular weight excluding hydrogens is 480 g/mol. The van der Waals surface area contributed by atoms with E-state index in [1.807, 2.05) is 57.2 Å². The van der Waals surface area contributed by atoms with Crippen molar-refractivity contribution >= 4 is 17.9 Å². The van der Waals surface area contributed by atoms with Gasteiger partial charge in [0.25, 0.3) is 5.91 Å². The third-order valence-electron chi connectivity index (χ3n) is 7.86. The highest BCUT2D eigenvalue weighted by molar-refractivity contribution is 5.98. The van der Waals surface area contributed by atoms with Gasteiger partial charge in [-0.15, -0.1) is 0 Å². The second-order valence-electron chi connectivity index (χ2n) is 11.8. The van der Waals surface area contributed by atoms with E-state index < -0.39 is 23.3 Å². The van der Waals surface area contributed by atoms with Crippen molar-refractivity contribution in [2.75, 3.05) is 13.6 Å². The summed E-state index contributed by atoms with van der Waals surface area (Å²) in [5, 5.41) is 12.8. The number of carbonyl (C=O) groups excluding carboxylic acids is 3. The minimum absolute atomic E-state index is 0.0472. The van der Waals surface area contributed by atoms with Gasteiger partial charge in [-0.1, -0.05) is 30.3 Å². The number of piperidine rings is 1. The molecule has 2 fully saturated rings. The molecule has 5 rings (SSSR count). The van der Waals surface area contributed by atoms with Crippen LogP contribution in [0.1, 0.15) is 61.5 Å². The van der Waals surface area contributed by atoms with Gasteiger partial charge in [-0.2, -0.15) is 5.26 Å². The maximum Gasteiger partial charge on any atom is 0.411 e. The van der Waals surface area contributed by atoms with E-state index in [0.717, 1.165) is 34.2 Å². The van der Waals surface area contributed by atoms with Gasteiger partial charge in [0.2, 0.25) is 5.91 Å². The largest absolute Gasteiger partial charge is 0.444 e. The number of nitrogens with one attached hydrogen (secondary N) is 1. The Hall–Kier alpha value is -3.86. The Kier molecular flexibility index (Phi) is 6.42.